The lowest BCUT2D eigenvalue weighted by Gasteiger charge is -2.47. The van der Waals surface area contributed by atoms with Gasteiger partial charge >= 0.3 is 0 Å². The van der Waals surface area contributed by atoms with Crippen LogP contribution in [0, 0.1) is 5.82 Å². The Labute approximate surface area is 135 Å². The van der Waals surface area contributed by atoms with E-state index in [1.54, 1.807) is 15.9 Å². The number of aliphatic hydroxyl groups excluding tert-OH is 1. The number of aliphatic hydroxyl groups is 1. The summed E-state index contributed by atoms with van der Waals surface area (Å²) in [4.78, 5) is 27.4. The van der Waals surface area contributed by atoms with Crippen LogP contribution in [0.25, 0.3) is 0 Å². The van der Waals surface area contributed by atoms with Gasteiger partial charge in [0.2, 0.25) is 11.8 Å². The van der Waals surface area contributed by atoms with Gasteiger partial charge in [-0.05, 0) is 31.5 Å². The normalized spacial score (nSPS) is 18.7. The SMILES string of the molecule is CC(=O)N1CCN(C(=O)CC(O)c2cccc(F)c2)C(C)(C)C1. The van der Waals surface area contributed by atoms with Crippen LogP contribution in [0.4, 0.5) is 4.39 Å². The van der Waals surface area contributed by atoms with E-state index in [1.807, 2.05) is 13.8 Å². The van der Waals surface area contributed by atoms with Crippen molar-refractivity contribution in [1.29, 1.82) is 0 Å². The third-order valence-electron chi connectivity index (χ3n) is 4.25. The maximum atomic E-state index is 13.2. The number of amides is 2. The molecule has 5 nitrogen and oxygen atoms in total. The number of hydrogen-bond acceptors (Lipinski definition) is 3. The summed E-state index contributed by atoms with van der Waals surface area (Å²) in [5.74, 6) is -0.649. The Kier molecular flexibility index (Phi) is 5.04. The number of nitrogens with zero attached hydrogens (tertiary/aromatic N) is 2. The van der Waals surface area contributed by atoms with Crippen LogP contribution in [0.3, 0.4) is 0 Å². The third kappa shape index (κ3) is 4.07. The van der Waals surface area contributed by atoms with Crippen LogP contribution < -0.4 is 0 Å². The lowest BCUT2D eigenvalue weighted by atomic mass is 9.96. The second-order valence-corrected chi connectivity index (χ2v) is 6.57. The van der Waals surface area contributed by atoms with E-state index in [0.717, 1.165) is 0 Å². The molecule has 2 amide bonds. The minimum Gasteiger partial charge on any atom is -0.388 e. The van der Waals surface area contributed by atoms with Gasteiger partial charge in [-0.2, -0.15) is 0 Å². The topological polar surface area (TPSA) is 60.9 Å². The quantitative estimate of drug-likeness (QED) is 0.922. The molecule has 1 aliphatic rings. The fraction of sp³-hybridized carbons (Fsp3) is 0.529. The Balaban J connectivity index is 2.04. The second-order valence-electron chi connectivity index (χ2n) is 6.57. The summed E-state index contributed by atoms with van der Waals surface area (Å²) in [7, 11) is 0. The predicted octanol–water partition coefficient (Wildman–Crippen LogP) is 1.72. The Morgan fingerprint density at radius 2 is 2.04 bits per heavy atom. The molecular weight excluding hydrogens is 299 g/mol. The summed E-state index contributed by atoms with van der Waals surface area (Å²) in [6.45, 7) is 6.69. The molecule has 6 heteroatoms. The fourth-order valence-electron chi connectivity index (χ4n) is 2.99. The fourth-order valence-corrected chi connectivity index (χ4v) is 2.99. The molecule has 0 aliphatic carbocycles. The number of carbonyl (C=O) groups is 2. The summed E-state index contributed by atoms with van der Waals surface area (Å²) in [6.07, 6.45) is -1.15. The lowest BCUT2D eigenvalue weighted by molar-refractivity contribution is -0.148. The summed E-state index contributed by atoms with van der Waals surface area (Å²) in [5, 5.41) is 10.2. The van der Waals surface area contributed by atoms with Crippen LogP contribution in [0.15, 0.2) is 24.3 Å². The highest BCUT2D eigenvalue weighted by molar-refractivity contribution is 5.79. The van der Waals surface area contributed by atoms with Gasteiger partial charge < -0.3 is 14.9 Å². The van der Waals surface area contributed by atoms with Gasteiger partial charge in [0.05, 0.1) is 18.1 Å². The maximum Gasteiger partial charge on any atom is 0.226 e. The number of carbonyl (C=O) groups excluding carboxylic acids is 2. The van der Waals surface area contributed by atoms with Crippen molar-refractivity contribution in [3.05, 3.63) is 35.6 Å². The van der Waals surface area contributed by atoms with Gasteiger partial charge in [-0.25, -0.2) is 4.39 Å². The minimum absolute atomic E-state index is 0.00929. The molecule has 0 spiro atoms. The Morgan fingerprint density at radius 1 is 1.35 bits per heavy atom. The predicted molar refractivity (Wildman–Crippen MR) is 84.0 cm³/mol. The van der Waals surface area contributed by atoms with Crippen molar-refractivity contribution < 1.29 is 19.1 Å². The summed E-state index contributed by atoms with van der Waals surface area (Å²) in [5.41, 5.74) is -0.110. The van der Waals surface area contributed by atoms with Crippen molar-refractivity contribution in [3.63, 3.8) is 0 Å². The molecule has 1 saturated heterocycles. The minimum atomic E-state index is -1.04. The molecule has 1 unspecified atom stereocenters. The molecule has 1 fully saturated rings. The van der Waals surface area contributed by atoms with Gasteiger partial charge in [-0.15, -0.1) is 0 Å². The van der Waals surface area contributed by atoms with Crippen LogP contribution in [0.1, 0.15) is 38.9 Å². The number of rotatable bonds is 3. The summed E-state index contributed by atoms with van der Waals surface area (Å²) >= 11 is 0. The van der Waals surface area contributed by atoms with E-state index >= 15 is 0 Å². The van der Waals surface area contributed by atoms with Crippen molar-refractivity contribution in [1.82, 2.24) is 9.80 Å². The molecule has 1 N–H and O–H groups in total. The number of halogens is 1. The van der Waals surface area contributed by atoms with Crippen molar-refractivity contribution in [2.45, 2.75) is 38.8 Å². The van der Waals surface area contributed by atoms with Crippen molar-refractivity contribution in [2.75, 3.05) is 19.6 Å². The molecule has 1 aromatic rings. The molecule has 2 rings (SSSR count). The molecule has 0 aromatic heterocycles. The van der Waals surface area contributed by atoms with Gasteiger partial charge in [-0.1, -0.05) is 12.1 Å². The molecule has 126 valence electrons. The highest BCUT2D eigenvalue weighted by Gasteiger charge is 2.37. The van der Waals surface area contributed by atoms with Crippen LogP contribution in [-0.4, -0.2) is 51.9 Å². The standard InChI is InChI=1S/C17H23FN2O3/c1-12(21)19-7-8-20(17(2,3)11-19)16(23)10-15(22)13-5-4-6-14(18)9-13/h4-6,9,15,22H,7-8,10-11H2,1-3H3. The van der Waals surface area contributed by atoms with Crippen LogP contribution in [0.2, 0.25) is 0 Å². The van der Waals surface area contributed by atoms with Gasteiger partial charge in [0.1, 0.15) is 5.82 Å². The molecule has 0 bridgehead atoms. The van der Waals surface area contributed by atoms with E-state index in [-0.39, 0.29) is 18.2 Å². The summed E-state index contributed by atoms with van der Waals surface area (Å²) < 4.78 is 13.2. The van der Waals surface area contributed by atoms with Crippen LogP contribution in [0.5, 0.6) is 0 Å². The Morgan fingerprint density at radius 3 is 2.61 bits per heavy atom. The number of benzene rings is 1. The van der Waals surface area contributed by atoms with E-state index in [1.165, 1.54) is 25.1 Å². The zero-order valence-corrected chi connectivity index (χ0v) is 13.8. The van der Waals surface area contributed by atoms with Crippen LogP contribution >= 0.6 is 0 Å². The average Bonchev–Trinajstić information content (AvgIpc) is 2.45. The first-order valence-corrected chi connectivity index (χ1v) is 7.70. The zero-order valence-electron chi connectivity index (χ0n) is 13.8. The average molecular weight is 322 g/mol. The largest absolute Gasteiger partial charge is 0.388 e. The first-order valence-electron chi connectivity index (χ1n) is 7.70. The van der Waals surface area contributed by atoms with E-state index in [0.29, 0.717) is 25.2 Å². The molecule has 1 atom stereocenters. The molecule has 1 aromatic carbocycles. The molecule has 1 aliphatic heterocycles. The highest BCUT2D eigenvalue weighted by Crippen LogP contribution is 2.25. The van der Waals surface area contributed by atoms with Gasteiger partial charge in [-0.3, -0.25) is 9.59 Å². The van der Waals surface area contributed by atoms with Crippen LogP contribution in [-0.2, 0) is 9.59 Å². The van der Waals surface area contributed by atoms with Gasteiger partial charge in [0, 0.05) is 26.6 Å². The summed E-state index contributed by atoms with van der Waals surface area (Å²) in [6, 6.07) is 5.63. The molecule has 0 radical (unpaired) electrons. The number of hydrogen-bond donors (Lipinski definition) is 1. The molecule has 1 heterocycles. The first-order chi connectivity index (χ1) is 10.7. The van der Waals surface area contributed by atoms with Crippen molar-refractivity contribution in [2.24, 2.45) is 0 Å². The first kappa shape index (κ1) is 17.4. The Bertz CT molecular complexity index is 603. The van der Waals surface area contributed by atoms with E-state index in [4.69, 9.17) is 0 Å². The lowest BCUT2D eigenvalue weighted by Crippen LogP contribution is -2.61. The zero-order chi connectivity index (χ0) is 17.2. The highest BCUT2D eigenvalue weighted by atomic mass is 19.1. The maximum absolute atomic E-state index is 13.2. The smallest absolute Gasteiger partial charge is 0.226 e. The van der Waals surface area contributed by atoms with Gasteiger partial charge in [0.15, 0.2) is 0 Å². The van der Waals surface area contributed by atoms with E-state index in [9.17, 15) is 19.1 Å². The van der Waals surface area contributed by atoms with E-state index in [2.05, 4.69) is 0 Å². The number of piperazine rings is 1. The van der Waals surface area contributed by atoms with E-state index < -0.39 is 17.5 Å². The molecule has 0 saturated carbocycles. The van der Waals surface area contributed by atoms with Crippen molar-refractivity contribution in [3.8, 4) is 0 Å². The molecule has 23 heavy (non-hydrogen) atoms. The van der Waals surface area contributed by atoms with Crippen molar-refractivity contribution >= 4 is 11.8 Å². The third-order valence-corrected chi connectivity index (χ3v) is 4.25. The van der Waals surface area contributed by atoms with Gasteiger partial charge in [0.25, 0.3) is 0 Å². The monoisotopic (exact) mass is 322 g/mol. The molecular formula is C17H23FN2O3. The second kappa shape index (κ2) is 6.66. The Hall–Kier alpha value is -1.95.